The van der Waals surface area contributed by atoms with E-state index in [1.54, 1.807) is 0 Å². The lowest BCUT2D eigenvalue weighted by molar-refractivity contribution is 0.209. The van der Waals surface area contributed by atoms with Crippen LogP contribution >= 0.6 is 11.5 Å². The van der Waals surface area contributed by atoms with Crippen molar-refractivity contribution >= 4 is 16.7 Å². The van der Waals surface area contributed by atoms with E-state index >= 15 is 0 Å². The standard InChI is InChI=1S/C14H23N5S/c1-14(2,3)12-17-13(20-18-12)16-10-11-4-7-19(8-5-11)9-6-15/h11H,4-5,7-10H2,1-3H3,(H,16,17,18). The van der Waals surface area contributed by atoms with Crippen LogP contribution in [0.3, 0.4) is 0 Å². The summed E-state index contributed by atoms with van der Waals surface area (Å²) >= 11 is 1.45. The van der Waals surface area contributed by atoms with Gasteiger partial charge in [0.1, 0.15) is 5.82 Å². The summed E-state index contributed by atoms with van der Waals surface area (Å²) in [4.78, 5) is 6.77. The van der Waals surface area contributed by atoms with Gasteiger partial charge >= 0.3 is 0 Å². The molecule has 1 fully saturated rings. The molecule has 110 valence electrons. The molecule has 2 heterocycles. The van der Waals surface area contributed by atoms with Crippen molar-refractivity contribution < 1.29 is 0 Å². The summed E-state index contributed by atoms with van der Waals surface area (Å²) in [6.45, 7) is 9.97. The molecule has 1 N–H and O–H groups in total. The number of likely N-dealkylation sites (tertiary alicyclic amines) is 1. The first-order chi connectivity index (χ1) is 9.49. The Bertz CT molecular complexity index is 463. The van der Waals surface area contributed by atoms with Crippen molar-refractivity contribution in [2.24, 2.45) is 5.92 Å². The summed E-state index contributed by atoms with van der Waals surface area (Å²) in [7, 11) is 0. The Morgan fingerprint density at radius 1 is 1.40 bits per heavy atom. The van der Waals surface area contributed by atoms with Gasteiger partial charge in [-0.2, -0.15) is 9.64 Å². The van der Waals surface area contributed by atoms with Crippen molar-refractivity contribution in [2.75, 3.05) is 31.5 Å². The molecule has 0 bridgehead atoms. The van der Waals surface area contributed by atoms with Crippen LogP contribution in [0.15, 0.2) is 0 Å². The predicted molar refractivity (Wildman–Crippen MR) is 81.9 cm³/mol. The third kappa shape index (κ3) is 4.15. The zero-order chi connectivity index (χ0) is 14.6. The molecule has 2 rings (SSSR count). The smallest absolute Gasteiger partial charge is 0.202 e. The molecule has 20 heavy (non-hydrogen) atoms. The second-order valence-electron chi connectivity index (χ2n) is 6.43. The van der Waals surface area contributed by atoms with E-state index in [2.05, 4.69) is 46.4 Å². The fraction of sp³-hybridized carbons (Fsp3) is 0.786. The van der Waals surface area contributed by atoms with Crippen LogP contribution in [0, 0.1) is 17.2 Å². The van der Waals surface area contributed by atoms with Gasteiger partial charge in [0.2, 0.25) is 5.13 Å². The lowest BCUT2D eigenvalue weighted by atomic mass is 9.96. The van der Waals surface area contributed by atoms with Crippen LogP contribution in [0.4, 0.5) is 5.13 Å². The van der Waals surface area contributed by atoms with E-state index in [9.17, 15) is 0 Å². The molecule has 0 radical (unpaired) electrons. The minimum atomic E-state index is 0.0130. The highest BCUT2D eigenvalue weighted by Crippen LogP contribution is 2.24. The molecular weight excluding hydrogens is 270 g/mol. The van der Waals surface area contributed by atoms with Crippen LogP contribution in [-0.2, 0) is 5.41 Å². The average Bonchev–Trinajstić information content (AvgIpc) is 2.87. The summed E-state index contributed by atoms with van der Waals surface area (Å²) in [6.07, 6.45) is 2.30. The zero-order valence-electron chi connectivity index (χ0n) is 12.5. The topological polar surface area (TPSA) is 64.8 Å². The lowest BCUT2D eigenvalue weighted by Gasteiger charge is -2.30. The molecule has 6 heteroatoms. The quantitative estimate of drug-likeness (QED) is 0.864. The second-order valence-corrected chi connectivity index (χ2v) is 7.18. The Labute approximate surface area is 125 Å². The molecule has 1 aromatic rings. The van der Waals surface area contributed by atoms with Crippen LogP contribution in [0.1, 0.15) is 39.4 Å². The molecule has 1 aromatic heterocycles. The Morgan fingerprint density at radius 3 is 2.65 bits per heavy atom. The van der Waals surface area contributed by atoms with Crippen LogP contribution in [0.2, 0.25) is 0 Å². The maximum absolute atomic E-state index is 8.69. The number of aromatic nitrogens is 2. The Hall–Kier alpha value is -1.19. The Kier molecular flexibility index (Phi) is 4.95. The Morgan fingerprint density at radius 2 is 2.10 bits per heavy atom. The van der Waals surface area contributed by atoms with E-state index < -0.39 is 0 Å². The third-order valence-corrected chi connectivity index (χ3v) is 4.31. The second kappa shape index (κ2) is 6.51. The van der Waals surface area contributed by atoms with Gasteiger partial charge in [0.05, 0.1) is 12.6 Å². The maximum atomic E-state index is 8.69. The minimum absolute atomic E-state index is 0.0130. The summed E-state index contributed by atoms with van der Waals surface area (Å²) in [6, 6.07) is 2.22. The predicted octanol–water partition coefficient (Wildman–Crippen LogP) is 2.48. The summed E-state index contributed by atoms with van der Waals surface area (Å²) in [5.41, 5.74) is 0.0130. The number of rotatable bonds is 4. The van der Waals surface area contributed by atoms with Crippen molar-refractivity contribution in [3.8, 4) is 6.07 Å². The number of nitrogens with zero attached hydrogens (tertiary/aromatic N) is 4. The molecule has 1 aliphatic rings. The van der Waals surface area contributed by atoms with Gasteiger partial charge in [0.15, 0.2) is 0 Å². The van der Waals surface area contributed by atoms with Gasteiger partial charge in [-0.15, -0.1) is 0 Å². The molecule has 5 nitrogen and oxygen atoms in total. The van der Waals surface area contributed by atoms with Crippen molar-refractivity contribution in [3.63, 3.8) is 0 Å². The van der Waals surface area contributed by atoms with Crippen molar-refractivity contribution in [1.29, 1.82) is 5.26 Å². The van der Waals surface area contributed by atoms with E-state index in [1.807, 2.05) is 0 Å². The van der Waals surface area contributed by atoms with E-state index in [-0.39, 0.29) is 5.41 Å². The maximum Gasteiger partial charge on any atom is 0.202 e. The van der Waals surface area contributed by atoms with Gasteiger partial charge in [0.25, 0.3) is 0 Å². The number of anilines is 1. The van der Waals surface area contributed by atoms with E-state index in [0.717, 1.165) is 43.4 Å². The molecule has 1 saturated heterocycles. The van der Waals surface area contributed by atoms with Crippen LogP contribution in [0.25, 0.3) is 0 Å². The first-order valence-electron chi connectivity index (χ1n) is 7.16. The molecule has 0 saturated carbocycles. The van der Waals surface area contributed by atoms with Crippen molar-refractivity contribution in [1.82, 2.24) is 14.3 Å². The highest BCUT2D eigenvalue weighted by Gasteiger charge is 2.21. The number of hydrogen-bond donors (Lipinski definition) is 1. The molecule has 1 aliphatic heterocycles. The number of piperidine rings is 1. The highest BCUT2D eigenvalue weighted by atomic mass is 32.1. The van der Waals surface area contributed by atoms with Crippen LogP contribution in [0.5, 0.6) is 0 Å². The SMILES string of the molecule is CC(C)(C)c1nsc(NCC2CCN(CC#N)CC2)n1. The molecule has 0 spiro atoms. The van der Waals surface area contributed by atoms with Gasteiger partial charge in [-0.25, -0.2) is 4.98 Å². The summed E-state index contributed by atoms with van der Waals surface area (Å²) in [5.74, 6) is 1.58. The van der Waals surface area contributed by atoms with Gasteiger partial charge < -0.3 is 5.32 Å². The van der Waals surface area contributed by atoms with Crippen molar-refractivity contribution in [3.05, 3.63) is 5.82 Å². The fourth-order valence-electron chi connectivity index (χ4n) is 2.28. The lowest BCUT2D eigenvalue weighted by Crippen LogP contribution is -2.36. The molecule has 0 unspecified atom stereocenters. The van der Waals surface area contributed by atoms with Gasteiger partial charge in [0, 0.05) is 23.5 Å². The van der Waals surface area contributed by atoms with E-state index in [4.69, 9.17) is 5.26 Å². The summed E-state index contributed by atoms with van der Waals surface area (Å²) in [5, 5.41) is 13.0. The first kappa shape index (κ1) is 15.2. The molecule has 0 aromatic carbocycles. The number of hydrogen-bond acceptors (Lipinski definition) is 6. The summed E-state index contributed by atoms with van der Waals surface area (Å²) < 4.78 is 4.41. The van der Waals surface area contributed by atoms with Gasteiger partial charge in [-0.1, -0.05) is 20.8 Å². The normalized spacial score (nSPS) is 17.9. The van der Waals surface area contributed by atoms with Crippen LogP contribution in [-0.4, -0.2) is 40.4 Å². The van der Waals surface area contributed by atoms with Crippen LogP contribution < -0.4 is 5.32 Å². The molecule has 0 aliphatic carbocycles. The average molecular weight is 293 g/mol. The minimum Gasteiger partial charge on any atom is -0.360 e. The number of nitriles is 1. The zero-order valence-corrected chi connectivity index (χ0v) is 13.3. The van der Waals surface area contributed by atoms with Crippen molar-refractivity contribution in [2.45, 2.75) is 39.0 Å². The Balaban J connectivity index is 1.76. The van der Waals surface area contributed by atoms with E-state index in [1.165, 1.54) is 11.5 Å². The monoisotopic (exact) mass is 293 g/mol. The molecule has 0 amide bonds. The largest absolute Gasteiger partial charge is 0.360 e. The van der Waals surface area contributed by atoms with Gasteiger partial charge in [-0.3, -0.25) is 4.90 Å². The third-order valence-electron chi connectivity index (χ3n) is 3.64. The molecular formula is C14H23N5S. The molecule has 0 atom stereocenters. The van der Waals surface area contributed by atoms with E-state index in [0.29, 0.717) is 12.5 Å². The van der Waals surface area contributed by atoms with Gasteiger partial charge in [-0.05, 0) is 31.8 Å². The number of nitrogens with one attached hydrogen (secondary N) is 1. The fourth-order valence-corrected chi connectivity index (χ4v) is 3.04. The first-order valence-corrected chi connectivity index (χ1v) is 7.94. The highest BCUT2D eigenvalue weighted by molar-refractivity contribution is 7.09.